The van der Waals surface area contributed by atoms with E-state index in [1.165, 1.54) is 5.57 Å². The Kier molecular flexibility index (Phi) is 6.43. The van der Waals surface area contributed by atoms with Gasteiger partial charge in [0.15, 0.2) is 0 Å². The Hall–Kier alpha value is -1.85. The van der Waals surface area contributed by atoms with Crippen LogP contribution in [-0.2, 0) is 16.1 Å². The standard InChI is InChI=1S/C17H24N2O3/c1-13(17(20)19-11-14-6-8-18-9-7-14)22-12-15-4-3-5-16(10-15)21-2/h3-6,10,13,18H,7-9,11-12H2,1-2H3,(H,19,20). The summed E-state index contributed by atoms with van der Waals surface area (Å²) in [5.74, 6) is 0.707. The number of benzene rings is 1. The molecule has 0 saturated carbocycles. The van der Waals surface area contributed by atoms with E-state index in [1.807, 2.05) is 24.3 Å². The van der Waals surface area contributed by atoms with Crippen LogP contribution in [0.4, 0.5) is 0 Å². The maximum Gasteiger partial charge on any atom is 0.249 e. The minimum atomic E-state index is -0.478. The molecule has 0 saturated heterocycles. The Morgan fingerprint density at radius 1 is 1.45 bits per heavy atom. The molecule has 120 valence electrons. The van der Waals surface area contributed by atoms with Gasteiger partial charge in [-0.25, -0.2) is 0 Å². The van der Waals surface area contributed by atoms with Gasteiger partial charge in [0.2, 0.25) is 5.91 Å². The number of ether oxygens (including phenoxy) is 2. The fourth-order valence-electron chi connectivity index (χ4n) is 2.23. The molecule has 22 heavy (non-hydrogen) atoms. The zero-order valence-electron chi connectivity index (χ0n) is 13.2. The minimum absolute atomic E-state index is 0.0812. The van der Waals surface area contributed by atoms with Gasteiger partial charge in [-0.2, -0.15) is 0 Å². The molecule has 1 atom stereocenters. The molecule has 1 amide bonds. The fraction of sp³-hybridized carbons (Fsp3) is 0.471. The largest absolute Gasteiger partial charge is 0.497 e. The molecule has 1 unspecified atom stereocenters. The number of carbonyl (C=O) groups is 1. The van der Waals surface area contributed by atoms with Gasteiger partial charge in [-0.05, 0) is 37.6 Å². The summed E-state index contributed by atoms with van der Waals surface area (Å²) in [5.41, 5.74) is 2.26. The first-order valence-electron chi connectivity index (χ1n) is 7.60. The summed E-state index contributed by atoms with van der Waals surface area (Å²) >= 11 is 0. The van der Waals surface area contributed by atoms with Crippen LogP contribution in [-0.4, -0.2) is 38.8 Å². The zero-order valence-corrected chi connectivity index (χ0v) is 13.2. The third-order valence-corrected chi connectivity index (χ3v) is 3.65. The second-order valence-electron chi connectivity index (χ2n) is 5.34. The normalized spacial score (nSPS) is 15.8. The summed E-state index contributed by atoms with van der Waals surface area (Å²) in [5, 5.41) is 6.18. The Labute approximate surface area is 131 Å². The molecule has 1 aromatic rings. The van der Waals surface area contributed by atoms with E-state index in [-0.39, 0.29) is 5.91 Å². The molecule has 0 aromatic heterocycles. The lowest BCUT2D eigenvalue weighted by Gasteiger charge is -2.17. The molecular formula is C17H24N2O3. The van der Waals surface area contributed by atoms with Crippen LogP contribution in [0, 0.1) is 0 Å². The Balaban J connectivity index is 1.74. The van der Waals surface area contributed by atoms with Crippen molar-refractivity contribution in [2.45, 2.75) is 26.1 Å². The third kappa shape index (κ3) is 5.16. The molecule has 5 nitrogen and oxygen atoms in total. The van der Waals surface area contributed by atoms with E-state index in [9.17, 15) is 4.79 Å². The molecule has 0 spiro atoms. The molecule has 2 rings (SSSR count). The highest BCUT2D eigenvalue weighted by molar-refractivity contribution is 5.80. The summed E-state index contributed by atoms with van der Waals surface area (Å²) in [6.45, 7) is 4.62. The Bertz CT molecular complexity index is 528. The minimum Gasteiger partial charge on any atom is -0.497 e. The fourth-order valence-corrected chi connectivity index (χ4v) is 2.23. The van der Waals surface area contributed by atoms with Gasteiger partial charge in [-0.3, -0.25) is 4.79 Å². The molecule has 2 N–H and O–H groups in total. The van der Waals surface area contributed by atoms with Gasteiger partial charge in [-0.1, -0.05) is 23.8 Å². The van der Waals surface area contributed by atoms with E-state index in [2.05, 4.69) is 16.7 Å². The Morgan fingerprint density at radius 2 is 2.32 bits per heavy atom. The molecule has 1 aromatic carbocycles. The van der Waals surface area contributed by atoms with Crippen molar-refractivity contribution in [1.82, 2.24) is 10.6 Å². The molecule has 0 radical (unpaired) electrons. The van der Waals surface area contributed by atoms with Crippen molar-refractivity contribution in [3.05, 3.63) is 41.5 Å². The molecule has 5 heteroatoms. The van der Waals surface area contributed by atoms with Crippen LogP contribution in [0.1, 0.15) is 18.9 Å². The smallest absolute Gasteiger partial charge is 0.249 e. The predicted octanol–water partition coefficient (Wildman–Crippen LogP) is 1.64. The van der Waals surface area contributed by atoms with Crippen LogP contribution >= 0.6 is 0 Å². The number of amides is 1. The molecular weight excluding hydrogens is 280 g/mol. The average molecular weight is 304 g/mol. The van der Waals surface area contributed by atoms with Gasteiger partial charge >= 0.3 is 0 Å². The second-order valence-corrected chi connectivity index (χ2v) is 5.34. The number of nitrogens with one attached hydrogen (secondary N) is 2. The van der Waals surface area contributed by atoms with Crippen molar-refractivity contribution >= 4 is 5.91 Å². The lowest BCUT2D eigenvalue weighted by Crippen LogP contribution is -2.36. The van der Waals surface area contributed by atoms with E-state index in [1.54, 1.807) is 14.0 Å². The highest BCUT2D eigenvalue weighted by Gasteiger charge is 2.14. The van der Waals surface area contributed by atoms with Crippen molar-refractivity contribution in [2.24, 2.45) is 0 Å². The average Bonchev–Trinajstić information content (AvgIpc) is 2.58. The van der Waals surface area contributed by atoms with E-state index < -0.39 is 6.10 Å². The number of hydrogen-bond donors (Lipinski definition) is 2. The maximum absolute atomic E-state index is 12.0. The van der Waals surface area contributed by atoms with E-state index in [4.69, 9.17) is 9.47 Å². The summed E-state index contributed by atoms with van der Waals surface area (Å²) in [6.07, 6.45) is 2.64. The van der Waals surface area contributed by atoms with Crippen LogP contribution in [0.2, 0.25) is 0 Å². The SMILES string of the molecule is COc1cccc(COC(C)C(=O)NCC2=CCNCC2)c1. The molecule has 1 heterocycles. The van der Waals surface area contributed by atoms with Crippen molar-refractivity contribution in [3.63, 3.8) is 0 Å². The second kappa shape index (κ2) is 8.56. The van der Waals surface area contributed by atoms with E-state index in [0.717, 1.165) is 30.8 Å². The topological polar surface area (TPSA) is 59.6 Å². The first kappa shape index (κ1) is 16.5. The van der Waals surface area contributed by atoms with Crippen molar-refractivity contribution in [1.29, 1.82) is 0 Å². The van der Waals surface area contributed by atoms with Crippen LogP contribution < -0.4 is 15.4 Å². The zero-order chi connectivity index (χ0) is 15.8. The highest BCUT2D eigenvalue weighted by Crippen LogP contribution is 2.14. The molecule has 1 aliphatic rings. The third-order valence-electron chi connectivity index (χ3n) is 3.65. The van der Waals surface area contributed by atoms with Gasteiger partial charge in [0.05, 0.1) is 13.7 Å². The van der Waals surface area contributed by atoms with Crippen LogP contribution in [0.25, 0.3) is 0 Å². The molecule has 1 aliphatic heterocycles. The van der Waals surface area contributed by atoms with Crippen molar-refractivity contribution in [3.8, 4) is 5.75 Å². The summed E-state index contributed by atoms with van der Waals surface area (Å²) in [4.78, 5) is 12.0. The summed E-state index contributed by atoms with van der Waals surface area (Å²) in [6, 6.07) is 7.65. The Morgan fingerprint density at radius 3 is 3.05 bits per heavy atom. The van der Waals surface area contributed by atoms with Gasteiger partial charge < -0.3 is 20.1 Å². The molecule has 0 fully saturated rings. The lowest BCUT2D eigenvalue weighted by atomic mass is 10.1. The lowest BCUT2D eigenvalue weighted by molar-refractivity contribution is -0.132. The number of carbonyl (C=O) groups excluding carboxylic acids is 1. The molecule has 0 aliphatic carbocycles. The van der Waals surface area contributed by atoms with E-state index in [0.29, 0.717) is 13.2 Å². The quantitative estimate of drug-likeness (QED) is 0.752. The number of methoxy groups -OCH3 is 1. The van der Waals surface area contributed by atoms with Crippen LogP contribution in [0.3, 0.4) is 0 Å². The summed E-state index contributed by atoms with van der Waals surface area (Å²) in [7, 11) is 1.63. The monoisotopic (exact) mass is 304 g/mol. The van der Waals surface area contributed by atoms with Gasteiger partial charge in [0.25, 0.3) is 0 Å². The highest BCUT2D eigenvalue weighted by atomic mass is 16.5. The van der Waals surface area contributed by atoms with Gasteiger partial charge in [0, 0.05) is 13.1 Å². The van der Waals surface area contributed by atoms with Crippen LogP contribution in [0.5, 0.6) is 5.75 Å². The van der Waals surface area contributed by atoms with Gasteiger partial charge in [-0.15, -0.1) is 0 Å². The first-order valence-corrected chi connectivity index (χ1v) is 7.60. The van der Waals surface area contributed by atoms with Gasteiger partial charge in [0.1, 0.15) is 11.9 Å². The van der Waals surface area contributed by atoms with Crippen molar-refractivity contribution in [2.75, 3.05) is 26.7 Å². The van der Waals surface area contributed by atoms with Crippen molar-refractivity contribution < 1.29 is 14.3 Å². The predicted molar refractivity (Wildman–Crippen MR) is 85.8 cm³/mol. The first-order chi connectivity index (χ1) is 10.7. The summed E-state index contributed by atoms with van der Waals surface area (Å²) < 4.78 is 10.8. The van der Waals surface area contributed by atoms with Crippen LogP contribution in [0.15, 0.2) is 35.9 Å². The molecule has 0 bridgehead atoms. The number of hydrogen-bond acceptors (Lipinski definition) is 4. The van der Waals surface area contributed by atoms with E-state index >= 15 is 0 Å². The maximum atomic E-state index is 12.0. The number of rotatable bonds is 7.